The summed E-state index contributed by atoms with van der Waals surface area (Å²) < 4.78 is 30.4. The van der Waals surface area contributed by atoms with E-state index in [1.165, 1.54) is 0 Å². The number of nitrogens with one attached hydrogen (secondary N) is 1. The summed E-state index contributed by atoms with van der Waals surface area (Å²) in [6.45, 7) is 2.83. The van der Waals surface area contributed by atoms with Crippen molar-refractivity contribution in [2.75, 3.05) is 30.3 Å². The topological polar surface area (TPSA) is 75.7 Å². The SMILES string of the molecule is Cc1ccc(N(CC(=O)NC[C@@H]2CCCO2)S(C)(=O)=O)cc1. The van der Waals surface area contributed by atoms with Gasteiger partial charge < -0.3 is 10.1 Å². The van der Waals surface area contributed by atoms with E-state index in [1.807, 2.05) is 19.1 Å². The molecule has 22 heavy (non-hydrogen) atoms. The molecule has 2 rings (SSSR count). The number of nitrogens with zero attached hydrogens (tertiary/aromatic N) is 1. The Morgan fingerprint density at radius 1 is 1.36 bits per heavy atom. The van der Waals surface area contributed by atoms with Gasteiger partial charge in [0, 0.05) is 13.2 Å². The minimum absolute atomic E-state index is 0.0370. The Kier molecular flexibility index (Phi) is 5.42. The number of amides is 1. The van der Waals surface area contributed by atoms with Crippen LogP contribution in [0.15, 0.2) is 24.3 Å². The number of sulfonamides is 1. The Balaban J connectivity index is 2.00. The Labute approximate surface area is 131 Å². The summed E-state index contributed by atoms with van der Waals surface area (Å²) in [4.78, 5) is 12.0. The molecule has 1 atom stereocenters. The van der Waals surface area contributed by atoms with Crippen LogP contribution in [0, 0.1) is 6.92 Å². The summed E-state index contributed by atoms with van der Waals surface area (Å²) in [6, 6.07) is 7.03. The third-order valence-corrected chi connectivity index (χ3v) is 4.70. The van der Waals surface area contributed by atoms with Gasteiger partial charge in [-0.25, -0.2) is 8.42 Å². The molecule has 1 aliphatic rings. The number of benzene rings is 1. The maximum absolute atomic E-state index is 12.0. The molecule has 0 aliphatic carbocycles. The third-order valence-electron chi connectivity index (χ3n) is 3.56. The lowest BCUT2D eigenvalue weighted by atomic mass is 10.2. The van der Waals surface area contributed by atoms with Crippen LogP contribution >= 0.6 is 0 Å². The number of hydrogen-bond acceptors (Lipinski definition) is 4. The fourth-order valence-electron chi connectivity index (χ4n) is 2.33. The second-order valence-electron chi connectivity index (χ2n) is 5.54. The van der Waals surface area contributed by atoms with Crippen LogP contribution in [0.1, 0.15) is 18.4 Å². The van der Waals surface area contributed by atoms with Gasteiger partial charge in [0.1, 0.15) is 6.54 Å². The number of aryl methyl sites for hydroxylation is 1. The molecular weight excluding hydrogens is 304 g/mol. The predicted molar refractivity (Wildman–Crippen MR) is 85.4 cm³/mol. The molecule has 0 bridgehead atoms. The highest BCUT2D eigenvalue weighted by Gasteiger charge is 2.22. The maximum atomic E-state index is 12.0. The highest BCUT2D eigenvalue weighted by atomic mass is 32.2. The lowest BCUT2D eigenvalue weighted by Crippen LogP contribution is -2.42. The van der Waals surface area contributed by atoms with Crippen molar-refractivity contribution in [3.05, 3.63) is 29.8 Å². The Morgan fingerprint density at radius 3 is 2.59 bits per heavy atom. The van der Waals surface area contributed by atoms with Gasteiger partial charge in [-0.3, -0.25) is 9.10 Å². The van der Waals surface area contributed by atoms with Crippen molar-refractivity contribution in [2.45, 2.75) is 25.9 Å². The summed E-state index contributed by atoms with van der Waals surface area (Å²) in [5, 5.41) is 2.74. The molecule has 0 unspecified atom stereocenters. The maximum Gasteiger partial charge on any atom is 0.240 e. The predicted octanol–water partition coefficient (Wildman–Crippen LogP) is 1.06. The van der Waals surface area contributed by atoms with Gasteiger partial charge in [-0.1, -0.05) is 17.7 Å². The molecule has 7 heteroatoms. The lowest BCUT2D eigenvalue weighted by molar-refractivity contribution is -0.120. The van der Waals surface area contributed by atoms with Gasteiger partial charge in [-0.15, -0.1) is 0 Å². The molecule has 122 valence electrons. The number of carbonyl (C=O) groups excluding carboxylic acids is 1. The molecule has 0 radical (unpaired) electrons. The van der Waals surface area contributed by atoms with E-state index in [0.717, 1.165) is 35.6 Å². The van der Waals surface area contributed by atoms with Gasteiger partial charge in [0.05, 0.1) is 18.0 Å². The first-order valence-corrected chi connectivity index (χ1v) is 9.14. The zero-order chi connectivity index (χ0) is 16.2. The molecule has 6 nitrogen and oxygen atoms in total. The van der Waals surface area contributed by atoms with E-state index >= 15 is 0 Å². The molecule has 1 amide bonds. The van der Waals surface area contributed by atoms with Gasteiger partial charge in [-0.05, 0) is 31.9 Å². The highest BCUT2D eigenvalue weighted by molar-refractivity contribution is 7.92. The van der Waals surface area contributed by atoms with E-state index in [0.29, 0.717) is 12.2 Å². The summed E-state index contributed by atoms with van der Waals surface area (Å²) in [6.07, 6.45) is 3.06. The van der Waals surface area contributed by atoms with Crippen LogP contribution in [-0.4, -0.2) is 46.4 Å². The molecule has 1 aromatic carbocycles. The Hall–Kier alpha value is -1.60. The molecule has 1 saturated heterocycles. The van der Waals surface area contributed by atoms with Crippen molar-refractivity contribution in [3.8, 4) is 0 Å². The quantitative estimate of drug-likeness (QED) is 0.848. The molecule has 1 fully saturated rings. The number of ether oxygens (including phenoxy) is 1. The number of anilines is 1. The van der Waals surface area contributed by atoms with Gasteiger partial charge in [0.15, 0.2) is 0 Å². The lowest BCUT2D eigenvalue weighted by Gasteiger charge is -2.22. The van der Waals surface area contributed by atoms with Gasteiger partial charge >= 0.3 is 0 Å². The first-order valence-electron chi connectivity index (χ1n) is 7.29. The van der Waals surface area contributed by atoms with Gasteiger partial charge in [-0.2, -0.15) is 0 Å². The Bertz CT molecular complexity index is 607. The summed E-state index contributed by atoms with van der Waals surface area (Å²) in [5.41, 5.74) is 1.51. The molecule has 1 N–H and O–H groups in total. The second kappa shape index (κ2) is 7.11. The van der Waals surface area contributed by atoms with Crippen LogP contribution in [0.2, 0.25) is 0 Å². The standard InChI is InChI=1S/C15H22N2O4S/c1-12-5-7-13(8-6-12)17(22(2,19)20)11-15(18)16-10-14-4-3-9-21-14/h5-8,14H,3-4,9-11H2,1-2H3,(H,16,18)/t14-/m0/s1. The van der Waals surface area contributed by atoms with Gasteiger partial charge in [0.25, 0.3) is 0 Å². The second-order valence-corrected chi connectivity index (χ2v) is 7.45. The monoisotopic (exact) mass is 326 g/mol. The van der Waals surface area contributed by atoms with E-state index < -0.39 is 10.0 Å². The fraction of sp³-hybridized carbons (Fsp3) is 0.533. The van der Waals surface area contributed by atoms with Crippen LogP contribution in [-0.2, 0) is 19.6 Å². The first kappa shape index (κ1) is 16.8. The number of hydrogen-bond donors (Lipinski definition) is 1. The van der Waals surface area contributed by atoms with Crippen LogP contribution in [0.4, 0.5) is 5.69 Å². The molecule has 1 aliphatic heterocycles. The van der Waals surface area contributed by atoms with Crippen molar-refractivity contribution in [1.29, 1.82) is 0 Å². The molecule has 1 aromatic rings. The van der Waals surface area contributed by atoms with E-state index in [2.05, 4.69) is 5.32 Å². The van der Waals surface area contributed by atoms with Crippen LogP contribution in [0.5, 0.6) is 0 Å². The van der Waals surface area contributed by atoms with Gasteiger partial charge in [0.2, 0.25) is 15.9 Å². The average molecular weight is 326 g/mol. The first-order chi connectivity index (χ1) is 10.4. The zero-order valence-corrected chi connectivity index (χ0v) is 13.7. The highest BCUT2D eigenvalue weighted by Crippen LogP contribution is 2.18. The Morgan fingerprint density at radius 2 is 2.05 bits per heavy atom. The molecule has 1 heterocycles. The smallest absolute Gasteiger partial charge is 0.240 e. The van der Waals surface area contributed by atoms with Crippen molar-refractivity contribution in [2.24, 2.45) is 0 Å². The summed E-state index contributed by atoms with van der Waals surface area (Å²) >= 11 is 0. The average Bonchev–Trinajstić information content (AvgIpc) is 2.96. The van der Waals surface area contributed by atoms with Crippen molar-refractivity contribution in [1.82, 2.24) is 5.32 Å². The van der Waals surface area contributed by atoms with E-state index in [9.17, 15) is 13.2 Å². The molecule has 0 saturated carbocycles. The zero-order valence-electron chi connectivity index (χ0n) is 12.9. The van der Waals surface area contributed by atoms with E-state index in [-0.39, 0.29) is 18.6 Å². The minimum atomic E-state index is -3.52. The van der Waals surface area contributed by atoms with Crippen LogP contribution in [0.25, 0.3) is 0 Å². The normalized spacial score (nSPS) is 18.2. The summed E-state index contributed by atoms with van der Waals surface area (Å²) in [5.74, 6) is -0.332. The van der Waals surface area contributed by atoms with E-state index in [1.54, 1.807) is 12.1 Å². The largest absolute Gasteiger partial charge is 0.376 e. The van der Waals surface area contributed by atoms with E-state index in [4.69, 9.17) is 4.74 Å². The summed E-state index contributed by atoms with van der Waals surface area (Å²) in [7, 11) is -3.52. The third kappa shape index (κ3) is 4.71. The number of carbonyl (C=O) groups is 1. The van der Waals surface area contributed by atoms with Crippen LogP contribution < -0.4 is 9.62 Å². The molecular formula is C15H22N2O4S. The van der Waals surface area contributed by atoms with Crippen molar-refractivity contribution >= 4 is 21.6 Å². The molecule has 0 spiro atoms. The van der Waals surface area contributed by atoms with Crippen molar-refractivity contribution in [3.63, 3.8) is 0 Å². The fourth-order valence-corrected chi connectivity index (χ4v) is 3.19. The minimum Gasteiger partial charge on any atom is -0.376 e. The number of rotatable bonds is 6. The molecule has 0 aromatic heterocycles. The van der Waals surface area contributed by atoms with Crippen molar-refractivity contribution < 1.29 is 17.9 Å². The van der Waals surface area contributed by atoms with Crippen LogP contribution in [0.3, 0.4) is 0 Å².